The van der Waals surface area contributed by atoms with Crippen molar-refractivity contribution in [1.29, 1.82) is 0 Å². The first-order valence-corrected chi connectivity index (χ1v) is 7.71. The van der Waals surface area contributed by atoms with E-state index in [-0.39, 0.29) is 11.2 Å². The van der Waals surface area contributed by atoms with Crippen molar-refractivity contribution in [1.82, 2.24) is 9.78 Å². The summed E-state index contributed by atoms with van der Waals surface area (Å²) >= 11 is 3.53. The van der Waals surface area contributed by atoms with E-state index in [1.807, 2.05) is 14.0 Å². The van der Waals surface area contributed by atoms with Gasteiger partial charge in [0.25, 0.3) is 0 Å². The zero-order valence-corrected chi connectivity index (χ0v) is 13.3. The highest BCUT2D eigenvalue weighted by atomic mass is 79.9. The maximum absolute atomic E-state index is 12.7. The maximum Gasteiger partial charge on any atom is 0.146 e. The number of hydrogen-bond acceptors (Lipinski definition) is 3. The van der Waals surface area contributed by atoms with E-state index in [0.717, 1.165) is 41.5 Å². The van der Waals surface area contributed by atoms with Gasteiger partial charge in [0.15, 0.2) is 0 Å². The van der Waals surface area contributed by atoms with Crippen molar-refractivity contribution >= 4 is 21.7 Å². The molecule has 0 aromatic carbocycles. The predicted octanol–water partition coefficient (Wildman–Crippen LogP) is 2.51. The lowest BCUT2D eigenvalue weighted by molar-refractivity contribution is -0.129. The van der Waals surface area contributed by atoms with Crippen LogP contribution in [0.3, 0.4) is 0 Å². The van der Waals surface area contributed by atoms with E-state index in [1.165, 1.54) is 6.42 Å². The van der Waals surface area contributed by atoms with Crippen LogP contribution in [0.4, 0.5) is 0 Å². The molecule has 2 rings (SSSR count). The summed E-state index contributed by atoms with van der Waals surface area (Å²) in [5, 5.41) is 4.34. The normalized spacial score (nSPS) is 18.5. The van der Waals surface area contributed by atoms with Crippen LogP contribution in [0, 0.1) is 12.3 Å². The Morgan fingerprint density at radius 2 is 2.05 bits per heavy atom. The Balaban J connectivity index is 2.19. The second-order valence-corrected chi connectivity index (χ2v) is 6.41. The van der Waals surface area contributed by atoms with E-state index in [2.05, 4.69) is 21.0 Å². The predicted molar refractivity (Wildman–Crippen MR) is 78.9 cm³/mol. The fourth-order valence-electron chi connectivity index (χ4n) is 3.04. The molecule has 2 N–H and O–H groups in total. The second-order valence-electron chi connectivity index (χ2n) is 5.61. The van der Waals surface area contributed by atoms with Crippen molar-refractivity contribution in [3.63, 3.8) is 0 Å². The molecule has 1 aromatic rings. The molecule has 1 aromatic heterocycles. The molecule has 0 aliphatic heterocycles. The van der Waals surface area contributed by atoms with Gasteiger partial charge in [-0.25, -0.2) is 0 Å². The minimum Gasteiger partial charge on any atom is -0.329 e. The molecular formula is C14H22BrN3O. The van der Waals surface area contributed by atoms with Gasteiger partial charge in [-0.2, -0.15) is 5.10 Å². The van der Waals surface area contributed by atoms with Crippen molar-refractivity contribution in [2.75, 3.05) is 6.54 Å². The van der Waals surface area contributed by atoms with Gasteiger partial charge in [-0.05, 0) is 35.7 Å². The summed E-state index contributed by atoms with van der Waals surface area (Å²) in [5.41, 5.74) is 7.51. The standard InChI is InChI=1S/C14H22BrN3O/c1-10-13(15)11(18(2)17-10)8-12(19)14(9-16)6-4-3-5-7-14/h3-9,16H2,1-2H3. The van der Waals surface area contributed by atoms with Gasteiger partial charge in [-0.1, -0.05) is 19.3 Å². The summed E-state index contributed by atoms with van der Waals surface area (Å²) in [5.74, 6) is 0.276. The van der Waals surface area contributed by atoms with E-state index >= 15 is 0 Å². The number of Topliss-reactive ketones (excluding diaryl/α,β-unsaturated/α-hetero) is 1. The maximum atomic E-state index is 12.7. The van der Waals surface area contributed by atoms with Crippen LogP contribution < -0.4 is 5.73 Å². The lowest BCUT2D eigenvalue weighted by atomic mass is 9.70. The average Bonchev–Trinajstić information content (AvgIpc) is 2.66. The van der Waals surface area contributed by atoms with Crippen LogP contribution in [0.25, 0.3) is 0 Å². The van der Waals surface area contributed by atoms with Gasteiger partial charge < -0.3 is 5.73 Å². The Morgan fingerprint density at radius 3 is 2.53 bits per heavy atom. The molecule has 5 heteroatoms. The number of carbonyl (C=O) groups is 1. The Kier molecular flexibility index (Phi) is 4.46. The highest BCUT2D eigenvalue weighted by Crippen LogP contribution is 2.37. The summed E-state index contributed by atoms with van der Waals surface area (Å²) in [6.45, 7) is 2.41. The zero-order valence-electron chi connectivity index (χ0n) is 11.7. The third-order valence-electron chi connectivity index (χ3n) is 4.38. The monoisotopic (exact) mass is 327 g/mol. The van der Waals surface area contributed by atoms with Gasteiger partial charge in [0.1, 0.15) is 5.78 Å². The Morgan fingerprint density at radius 1 is 1.42 bits per heavy atom. The van der Waals surface area contributed by atoms with Crippen LogP contribution in [0.5, 0.6) is 0 Å². The van der Waals surface area contributed by atoms with Gasteiger partial charge in [0.05, 0.1) is 22.3 Å². The number of hydrogen-bond donors (Lipinski definition) is 1. The van der Waals surface area contributed by atoms with Gasteiger partial charge in [-0.15, -0.1) is 0 Å². The number of aryl methyl sites for hydroxylation is 2. The Bertz CT molecular complexity index is 475. The summed E-state index contributed by atoms with van der Waals surface area (Å²) in [6, 6.07) is 0. The summed E-state index contributed by atoms with van der Waals surface area (Å²) in [7, 11) is 1.89. The molecule has 0 bridgehead atoms. The van der Waals surface area contributed by atoms with E-state index in [0.29, 0.717) is 13.0 Å². The van der Waals surface area contributed by atoms with Gasteiger partial charge in [0, 0.05) is 19.0 Å². The molecule has 1 heterocycles. The number of aromatic nitrogens is 2. The van der Waals surface area contributed by atoms with E-state index in [4.69, 9.17) is 5.73 Å². The fraction of sp³-hybridized carbons (Fsp3) is 0.714. The highest BCUT2D eigenvalue weighted by Gasteiger charge is 2.38. The van der Waals surface area contributed by atoms with Gasteiger partial charge in [0.2, 0.25) is 0 Å². The van der Waals surface area contributed by atoms with Crippen LogP contribution >= 0.6 is 15.9 Å². The molecule has 106 valence electrons. The zero-order chi connectivity index (χ0) is 14.0. The molecule has 0 saturated heterocycles. The lowest BCUT2D eigenvalue weighted by Gasteiger charge is -2.34. The second kappa shape index (κ2) is 5.75. The molecule has 1 aliphatic carbocycles. The summed E-state index contributed by atoms with van der Waals surface area (Å²) < 4.78 is 2.75. The number of halogens is 1. The smallest absolute Gasteiger partial charge is 0.146 e. The first-order chi connectivity index (χ1) is 9.00. The fourth-order valence-corrected chi connectivity index (χ4v) is 3.51. The van der Waals surface area contributed by atoms with Crippen LogP contribution in [-0.2, 0) is 18.3 Å². The lowest BCUT2D eigenvalue weighted by Crippen LogP contribution is -2.41. The number of nitrogens with zero attached hydrogens (tertiary/aromatic N) is 2. The quantitative estimate of drug-likeness (QED) is 0.924. The molecule has 0 spiro atoms. The van der Waals surface area contributed by atoms with Crippen LogP contribution in [0.2, 0.25) is 0 Å². The van der Waals surface area contributed by atoms with Crippen molar-refractivity contribution in [3.8, 4) is 0 Å². The molecule has 1 aliphatic rings. The topological polar surface area (TPSA) is 60.9 Å². The van der Waals surface area contributed by atoms with Gasteiger partial charge >= 0.3 is 0 Å². The molecule has 0 radical (unpaired) electrons. The largest absolute Gasteiger partial charge is 0.329 e. The minimum absolute atomic E-state index is 0.276. The minimum atomic E-state index is -0.296. The van der Waals surface area contributed by atoms with E-state index in [9.17, 15) is 4.79 Å². The number of ketones is 1. The molecule has 1 saturated carbocycles. The Hall–Kier alpha value is -0.680. The van der Waals surface area contributed by atoms with E-state index < -0.39 is 0 Å². The summed E-state index contributed by atoms with van der Waals surface area (Å²) in [6.07, 6.45) is 5.77. The SMILES string of the molecule is Cc1nn(C)c(CC(=O)C2(CN)CCCCC2)c1Br. The summed E-state index contributed by atoms with van der Waals surface area (Å²) in [4.78, 5) is 12.7. The molecule has 0 atom stereocenters. The van der Waals surface area contributed by atoms with Crippen molar-refractivity contribution in [2.45, 2.75) is 45.4 Å². The van der Waals surface area contributed by atoms with Crippen molar-refractivity contribution < 1.29 is 4.79 Å². The third kappa shape index (κ3) is 2.77. The first-order valence-electron chi connectivity index (χ1n) is 6.91. The van der Waals surface area contributed by atoms with Crippen LogP contribution in [0.1, 0.15) is 43.5 Å². The van der Waals surface area contributed by atoms with Crippen molar-refractivity contribution in [2.24, 2.45) is 18.2 Å². The van der Waals surface area contributed by atoms with Gasteiger partial charge in [-0.3, -0.25) is 9.48 Å². The highest BCUT2D eigenvalue weighted by molar-refractivity contribution is 9.10. The van der Waals surface area contributed by atoms with E-state index in [1.54, 1.807) is 4.68 Å². The molecule has 4 nitrogen and oxygen atoms in total. The average molecular weight is 328 g/mol. The number of rotatable bonds is 4. The number of carbonyl (C=O) groups excluding carboxylic acids is 1. The molecular weight excluding hydrogens is 306 g/mol. The molecule has 19 heavy (non-hydrogen) atoms. The number of nitrogens with two attached hydrogens (primary N) is 1. The molecule has 0 unspecified atom stereocenters. The molecule has 1 fully saturated rings. The first kappa shape index (κ1) is 14.7. The van der Waals surface area contributed by atoms with Crippen molar-refractivity contribution in [3.05, 3.63) is 15.9 Å². The third-order valence-corrected chi connectivity index (χ3v) is 5.41. The van der Waals surface area contributed by atoms with Crippen LogP contribution in [0.15, 0.2) is 4.47 Å². The van der Waals surface area contributed by atoms with Crippen LogP contribution in [-0.4, -0.2) is 22.1 Å². The Labute approximate surface area is 122 Å². The molecule has 0 amide bonds.